The predicted molar refractivity (Wildman–Crippen MR) is 69.3 cm³/mol. The zero-order valence-electron chi connectivity index (χ0n) is 8.70. The van der Waals surface area contributed by atoms with Crippen molar-refractivity contribution in [1.29, 1.82) is 5.26 Å². The first-order chi connectivity index (χ1) is 7.72. The number of aryl methyl sites for hydroxylation is 1. The Hall–Kier alpha value is -1.18. The molecule has 0 spiro atoms. The van der Waals surface area contributed by atoms with Crippen LogP contribution in [0.15, 0.2) is 28.7 Å². The Morgan fingerprint density at radius 1 is 1.44 bits per heavy atom. The second-order valence-corrected chi connectivity index (χ2v) is 5.27. The largest absolute Gasteiger partial charge is 0.245 e. The quantitative estimate of drug-likeness (QED) is 0.840. The lowest BCUT2D eigenvalue weighted by atomic mass is 10.2. The molecule has 0 amide bonds. The average Bonchev–Trinajstić information content (AvgIpc) is 2.61. The Kier molecular flexibility index (Phi) is 3.37. The minimum absolute atomic E-state index is 0.385. The summed E-state index contributed by atoms with van der Waals surface area (Å²) in [6.45, 7) is 1.98. The van der Waals surface area contributed by atoms with Crippen molar-refractivity contribution in [2.75, 3.05) is 0 Å². The molecule has 2 aromatic rings. The van der Waals surface area contributed by atoms with Crippen LogP contribution in [0.3, 0.4) is 0 Å². The molecule has 0 atom stereocenters. The molecule has 0 aliphatic rings. The molecule has 0 bridgehead atoms. The van der Waals surface area contributed by atoms with Crippen LogP contribution >= 0.6 is 27.3 Å². The molecule has 0 saturated heterocycles. The number of nitrogens with zero attached hydrogens (tertiary/aromatic N) is 2. The number of halogens is 1. The predicted octanol–water partition coefficient (Wildman–Crippen LogP) is 3.95. The number of nitriles is 1. The number of thiazole rings is 1. The maximum absolute atomic E-state index is 8.65. The zero-order chi connectivity index (χ0) is 11.5. The summed E-state index contributed by atoms with van der Waals surface area (Å²) < 4.78 is 1.06. The van der Waals surface area contributed by atoms with E-state index < -0.39 is 0 Å². The van der Waals surface area contributed by atoms with Gasteiger partial charge in [-0.1, -0.05) is 34.1 Å². The number of aromatic nitrogens is 1. The molecular formula is C12H9BrN2S. The van der Waals surface area contributed by atoms with Crippen molar-refractivity contribution in [3.05, 3.63) is 39.4 Å². The van der Waals surface area contributed by atoms with Gasteiger partial charge < -0.3 is 0 Å². The Morgan fingerprint density at radius 2 is 2.19 bits per heavy atom. The Morgan fingerprint density at radius 3 is 2.88 bits per heavy atom. The molecule has 1 aromatic carbocycles. The molecule has 0 N–H and O–H groups in total. The molecule has 1 aromatic heterocycles. The highest BCUT2D eigenvalue weighted by atomic mass is 79.9. The molecule has 0 aliphatic heterocycles. The Balaban J connectivity index is 2.49. The van der Waals surface area contributed by atoms with Gasteiger partial charge in [-0.15, -0.1) is 11.3 Å². The molecule has 0 aliphatic carbocycles. The fourth-order valence-electron chi connectivity index (χ4n) is 1.49. The van der Waals surface area contributed by atoms with Crippen LogP contribution < -0.4 is 0 Å². The number of hydrogen-bond acceptors (Lipinski definition) is 3. The maximum Gasteiger partial charge on any atom is 0.108 e. The Bertz CT molecular complexity index is 554. The lowest BCUT2D eigenvalue weighted by Gasteiger charge is -2.00. The number of rotatable bonds is 2. The van der Waals surface area contributed by atoms with Crippen LogP contribution in [0.5, 0.6) is 0 Å². The second kappa shape index (κ2) is 4.77. The minimum Gasteiger partial charge on any atom is -0.245 e. The summed E-state index contributed by atoms with van der Waals surface area (Å²) in [5.74, 6) is 0. The lowest BCUT2D eigenvalue weighted by Crippen LogP contribution is -1.80. The van der Waals surface area contributed by atoms with E-state index in [2.05, 4.69) is 33.0 Å². The highest BCUT2D eigenvalue weighted by Gasteiger charge is 2.11. The average molecular weight is 293 g/mol. The van der Waals surface area contributed by atoms with E-state index in [1.54, 1.807) is 11.3 Å². The van der Waals surface area contributed by atoms with E-state index in [0.29, 0.717) is 6.42 Å². The fourth-order valence-corrected chi connectivity index (χ4v) is 3.14. The van der Waals surface area contributed by atoms with Crippen LogP contribution in [-0.2, 0) is 6.42 Å². The molecule has 0 unspecified atom stereocenters. The van der Waals surface area contributed by atoms with Gasteiger partial charge in [-0.05, 0) is 13.0 Å². The van der Waals surface area contributed by atoms with Gasteiger partial charge in [0.15, 0.2) is 0 Å². The Labute approximate surface area is 107 Å². The highest BCUT2D eigenvalue weighted by Crippen LogP contribution is 2.34. The third-order valence-corrected chi connectivity index (χ3v) is 4.07. The van der Waals surface area contributed by atoms with Crippen molar-refractivity contribution < 1.29 is 0 Å². The van der Waals surface area contributed by atoms with Crippen LogP contribution in [0.4, 0.5) is 0 Å². The standard InChI is InChI=1S/C12H9BrN2S/c1-8-12(16-11(15-8)6-7-14)9-4-2-3-5-10(9)13/h2-5H,6H2,1H3. The van der Waals surface area contributed by atoms with Gasteiger partial charge in [0.1, 0.15) is 5.01 Å². The summed E-state index contributed by atoms with van der Waals surface area (Å²) in [6, 6.07) is 10.2. The number of benzene rings is 1. The van der Waals surface area contributed by atoms with Gasteiger partial charge in [-0.3, -0.25) is 0 Å². The van der Waals surface area contributed by atoms with E-state index >= 15 is 0 Å². The van der Waals surface area contributed by atoms with Crippen LogP contribution in [0, 0.1) is 18.3 Å². The highest BCUT2D eigenvalue weighted by molar-refractivity contribution is 9.10. The van der Waals surface area contributed by atoms with Crippen molar-refractivity contribution in [3.63, 3.8) is 0 Å². The smallest absolute Gasteiger partial charge is 0.108 e. The van der Waals surface area contributed by atoms with Gasteiger partial charge in [0.2, 0.25) is 0 Å². The first-order valence-electron chi connectivity index (χ1n) is 4.80. The van der Waals surface area contributed by atoms with Crippen molar-refractivity contribution in [2.24, 2.45) is 0 Å². The van der Waals surface area contributed by atoms with Gasteiger partial charge in [0.25, 0.3) is 0 Å². The maximum atomic E-state index is 8.65. The van der Waals surface area contributed by atoms with Crippen molar-refractivity contribution in [1.82, 2.24) is 4.98 Å². The molecule has 2 nitrogen and oxygen atoms in total. The first-order valence-corrected chi connectivity index (χ1v) is 6.41. The summed E-state index contributed by atoms with van der Waals surface area (Å²) in [7, 11) is 0. The second-order valence-electron chi connectivity index (χ2n) is 3.34. The lowest BCUT2D eigenvalue weighted by molar-refractivity contribution is 1.14. The summed E-state index contributed by atoms with van der Waals surface area (Å²) in [6.07, 6.45) is 0.385. The summed E-state index contributed by atoms with van der Waals surface area (Å²) in [5.41, 5.74) is 2.13. The molecular weight excluding hydrogens is 284 g/mol. The van der Waals surface area contributed by atoms with Crippen LogP contribution in [0.2, 0.25) is 0 Å². The van der Waals surface area contributed by atoms with E-state index in [4.69, 9.17) is 5.26 Å². The summed E-state index contributed by atoms with van der Waals surface area (Å²) in [5, 5.41) is 9.53. The minimum atomic E-state index is 0.385. The molecule has 0 fully saturated rings. The SMILES string of the molecule is Cc1nc(CC#N)sc1-c1ccccc1Br. The summed E-state index contributed by atoms with van der Waals surface area (Å²) >= 11 is 5.12. The monoisotopic (exact) mass is 292 g/mol. The molecule has 2 rings (SSSR count). The third-order valence-electron chi connectivity index (χ3n) is 2.19. The van der Waals surface area contributed by atoms with Gasteiger partial charge in [-0.25, -0.2) is 4.98 Å². The van der Waals surface area contributed by atoms with Gasteiger partial charge in [0, 0.05) is 10.0 Å². The van der Waals surface area contributed by atoms with E-state index in [1.165, 1.54) is 0 Å². The van der Waals surface area contributed by atoms with Gasteiger partial charge >= 0.3 is 0 Å². The van der Waals surface area contributed by atoms with E-state index in [-0.39, 0.29) is 0 Å². The van der Waals surface area contributed by atoms with Crippen LogP contribution in [0.25, 0.3) is 10.4 Å². The third kappa shape index (κ3) is 2.16. The normalized spacial score (nSPS) is 10.1. The van der Waals surface area contributed by atoms with Crippen molar-refractivity contribution in [3.8, 4) is 16.5 Å². The van der Waals surface area contributed by atoms with Crippen molar-refractivity contribution in [2.45, 2.75) is 13.3 Å². The molecule has 1 heterocycles. The fraction of sp³-hybridized carbons (Fsp3) is 0.167. The van der Waals surface area contributed by atoms with Crippen LogP contribution in [0.1, 0.15) is 10.7 Å². The molecule has 80 valence electrons. The number of hydrogen-bond donors (Lipinski definition) is 0. The summed E-state index contributed by atoms with van der Waals surface area (Å²) in [4.78, 5) is 5.53. The van der Waals surface area contributed by atoms with E-state index in [1.807, 2.05) is 25.1 Å². The van der Waals surface area contributed by atoms with E-state index in [9.17, 15) is 0 Å². The zero-order valence-corrected chi connectivity index (χ0v) is 11.1. The molecule has 4 heteroatoms. The molecule has 0 saturated carbocycles. The molecule has 16 heavy (non-hydrogen) atoms. The van der Waals surface area contributed by atoms with Gasteiger partial charge in [-0.2, -0.15) is 5.26 Å². The van der Waals surface area contributed by atoms with E-state index in [0.717, 1.165) is 25.6 Å². The van der Waals surface area contributed by atoms with Gasteiger partial charge in [0.05, 0.1) is 23.1 Å². The van der Waals surface area contributed by atoms with Crippen LogP contribution in [-0.4, -0.2) is 4.98 Å². The van der Waals surface area contributed by atoms with Crippen molar-refractivity contribution >= 4 is 27.3 Å². The topological polar surface area (TPSA) is 36.7 Å². The molecule has 0 radical (unpaired) electrons. The first kappa shape index (κ1) is 11.3.